The molecule has 0 spiro atoms. The van der Waals surface area contributed by atoms with Crippen LogP contribution in [0.15, 0.2) is 49.2 Å². The second-order valence-electron chi connectivity index (χ2n) is 7.07. The molecular weight excluding hydrogens is 354 g/mol. The molecule has 138 valence electrons. The van der Waals surface area contributed by atoms with Crippen molar-refractivity contribution in [3.05, 3.63) is 75.8 Å². The number of amides is 1. The first-order chi connectivity index (χ1) is 13.0. The van der Waals surface area contributed by atoms with Crippen LogP contribution >= 0.6 is 11.3 Å². The van der Waals surface area contributed by atoms with E-state index in [4.69, 9.17) is 0 Å². The summed E-state index contributed by atoms with van der Waals surface area (Å²) >= 11 is 1.78. The highest BCUT2D eigenvalue weighted by Gasteiger charge is 2.31. The second-order valence-corrected chi connectivity index (χ2v) is 8.41. The average molecular weight is 378 g/mol. The topological polar surface area (TPSA) is 38.1 Å². The number of aryl methyl sites for hydroxylation is 2. The molecule has 0 N–H and O–H groups in total. The van der Waals surface area contributed by atoms with E-state index in [1.165, 1.54) is 32.5 Å². The zero-order valence-electron chi connectivity index (χ0n) is 15.9. The summed E-state index contributed by atoms with van der Waals surface area (Å²) in [5, 5.41) is 4.42. The minimum atomic E-state index is -0.00765. The molecule has 0 aliphatic carbocycles. The number of nitrogens with zero attached hydrogens (tertiary/aromatic N) is 3. The molecule has 0 saturated carbocycles. The van der Waals surface area contributed by atoms with Crippen molar-refractivity contribution in [2.45, 2.75) is 26.3 Å². The van der Waals surface area contributed by atoms with Crippen molar-refractivity contribution in [2.24, 2.45) is 7.05 Å². The van der Waals surface area contributed by atoms with Crippen LogP contribution in [0.2, 0.25) is 0 Å². The Labute approximate surface area is 163 Å². The standard InChI is InChI=1S/C22H23N3OS/c1-5-22(26)25-12-20(18-10-14(2)27-21(18)13-25)17-9-7-6-8-16(17)19-11-23-24(4)15(19)3/h5-11,20H,1,12-13H2,2-4H3/t20-/m1/s1. The lowest BCUT2D eigenvalue weighted by atomic mass is 9.84. The Balaban J connectivity index is 1.86. The molecule has 4 nitrogen and oxygen atoms in total. The largest absolute Gasteiger partial charge is 0.333 e. The van der Waals surface area contributed by atoms with Gasteiger partial charge >= 0.3 is 0 Å². The third-order valence-electron chi connectivity index (χ3n) is 5.43. The number of carbonyl (C=O) groups excluding carboxylic acids is 1. The van der Waals surface area contributed by atoms with E-state index >= 15 is 0 Å². The molecule has 3 aromatic rings. The zero-order valence-corrected chi connectivity index (χ0v) is 16.7. The SMILES string of the molecule is C=CC(=O)N1Cc2sc(C)cc2[C@@H](c2ccccc2-c2cnn(C)c2C)C1. The summed E-state index contributed by atoms with van der Waals surface area (Å²) in [6.45, 7) is 9.24. The molecule has 1 atom stereocenters. The van der Waals surface area contributed by atoms with Gasteiger partial charge in [0.1, 0.15) is 0 Å². The van der Waals surface area contributed by atoms with E-state index in [0.717, 1.165) is 11.3 Å². The molecule has 0 radical (unpaired) electrons. The Morgan fingerprint density at radius 2 is 2.04 bits per heavy atom. The Morgan fingerprint density at radius 3 is 2.74 bits per heavy atom. The third kappa shape index (κ3) is 3.02. The van der Waals surface area contributed by atoms with E-state index in [9.17, 15) is 4.79 Å². The Hall–Kier alpha value is -2.66. The Bertz CT molecular complexity index is 1030. The number of carbonyl (C=O) groups is 1. The van der Waals surface area contributed by atoms with Gasteiger partial charge in [-0.15, -0.1) is 11.3 Å². The van der Waals surface area contributed by atoms with Gasteiger partial charge in [0.15, 0.2) is 0 Å². The summed E-state index contributed by atoms with van der Waals surface area (Å²) in [7, 11) is 1.97. The van der Waals surface area contributed by atoms with Crippen LogP contribution in [0.3, 0.4) is 0 Å². The van der Waals surface area contributed by atoms with Gasteiger partial charge in [0.25, 0.3) is 0 Å². The fraction of sp³-hybridized carbons (Fsp3) is 0.273. The van der Waals surface area contributed by atoms with Crippen molar-refractivity contribution < 1.29 is 4.79 Å². The fourth-order valence-corrected chi connectivity index (χ4v) is 5.04. The van der Waals surface area contributed by atoms with Crippen LogP contribution in [0.1, 0.15) is 32.5 Å². The maximum Gasteiger partial charge on any atom is 0.246 e. The second kappa shape index (κ2) is 6.82. The van der Waals surface area contributed by atoms with Crippen molar-refractivity contribution >= 4 is 17.2 Å². The molecule has 27 heavy (non-hydrogen) atoms. The van der Waals surface area contributed by atoms with E-state index < -0.39 is 0 Å². The highest BCUT2D eigenvalue weighted by molar-refractivity contribution is 7.12. The van der Waals surface area contributed by atoms with Gasteiger partial charge in [-0.25, -0.2) is 0 Å². The van der Waals surface area contributed by atoms with Gasteiger partial charge in [-0.3, -0.25) is 9.48 Å². The number of thiophene rings is 1. The molecule has 1 aliphatic rings. The first-order valence-corrected chi connectivity index (χ1v) is 9.89. The predicted molar refractivity (Wildman–Crippen MR) is 110 cm³/mol. The molecule has 5 heteroatoms. The van der Waals surface area contributed by atoms with E-state index in [0.29, 0.717) is 13.1 Å². The van der Waals surface area contributed by atoms with Crippen LogP contribution in [0, 0.1) is 13.8 Å². The van der Waals surface area contributed by atoms with Crippen LogP contribution in [0.25, 0.3) is 11.1 Å². The molecule has 1 aliphatic heterocycles. The number of fused-ring (bicyclic) bond motifs is 1. The summed E-state index contributed by atoms with van der Waals surface area (Å²) in [5.41, 5.74) is 6.07. The van der Waals surface area contributed by atoms with Gasteiger partial charge in [-0.1, -0.05) is 30.8 Å². The normalized spacial score (nSPS) is 16.3. The first-order valence-electron chi connectivity index (χ1n) is 9.08. The van der Waals surface area contributed by atoms with Crippen LogP contribution in [0.5, 0.6) is 0 Å². The van der Waals surface area contributed by atoms with E-state index in [1.807, 2.05) is 22.8 Å². The highest BCUT2D eigenvalue weighted by Crippen LogP contribution is 2.41. The van der Waals surface area contributed by atoms with E-state index in [-0.39, 0.29) is 11.8 Å². The summed E-state index contributed by atoms with van der Waals surface area (Å²) in [4.78, 5) is 16.8. The maximum atomic E-state index is 12.4. The Morgan fingerprint density at radius 1 is 1.26 bits per heavy atom. The smallest absolute Gasteiger partial charge is 0.246 e. The lowest BCUT2D eigenvalue weighted by Crippen LogP contribution is -2.37. The van der Waals surface area contributed by atoms with Crippen molar-refractivity contribution in [2.75, 3.05) is 6.54 Å². The lowest BCUT2D eigenvalue weighted by molar-refractivity contribution is -0.127. The van der Waals surface area contributed by atoms with Crippen LogP contribution in [-0.4, -0.2) is 27.1 Å². The van der Waals surface area contributed by atoms with Crippen molar-refractivity contribution in [1.29, 1.82) is 0 Å². The van der Waals surface area contributed by atoms with Crippen molar-refractivity contribution in [1.82, 2.24) is 14.7 Å². The monoisotopic (exact) mass is 377 g/mol. The van der Waals surface area contributed by atoms with Gasteiger partial charge in [0, 0.05) is 40.5 Å². The van der Waals surface area contributed by atoms with Gasteiger partial charge in [0.2, 0.25) is 5.91 Å². The van der Waals surface area contributed by atoms with Crippen molar-refractivity contribution in [3.8, 4) is 11.1 Å². The molecular formula is C22H23N3OS. The third-order valence-corrected chi connectivity index (χ3v) is 6.48. The molecule has 0 fully saturated rings. The molecule has 0 unspecified atom stereocenters. The van der Waals surface area contributed by atoms with Gasteiger partial charge in [-0.2, -0.15) is 5.10 Å². The first kappa shape index (κ1) is 17.7. The minimum absolute atomic E-state index is 0.00765. The number of rotatable bonds is 3. The number of hydrogen-bond donors (Lipinski definition) is 0. The van der Waals surface area contributed by atoms with Gasteiger partial charge in [-0.05, 0) is 42.7 Å². The summed E-state index contributed by atoms with van der Waals surface area (Å²) in [5.74, 6) is 0.144. The molecule has 3 heterocycles. The predicted octanol–water partition coefficient (Wildman–Crippen LogP) is 4.43. The summed E-state index contributed by atoms with van der Waals surface area (Å²) in [6, 6.07) is 10.8. The van der Waals surface area contributed by atoms with Gasteiger partial charge in [0.05, 0.1) is 12.7 Å². The zero-order chi connectivity index (χ0) is 19.1. The van der Waals surface area contributed by atoms with Gasteiger partial charge < -0.3 is 4.90 Å². The van der Waals surface area contributed by atoms with E-state index in [1.54, 1.807) is 11.3 Å². The summed E-state index contributed by atoms with van der Waals surface area (Å²) < 4.78 is 1.90. The van der Waals surface area contributed by atoms with E-state index in [2.05, 4.69) is 55.9 Å². The molecule has 4 rings (SSSR count). The van der Waals surface area contributed by atoms with Crippen molar-refractivity contribution in [3.63, 3.8) is 0 Å². The van der Waals surface area contributed by atoms with Crippen LogP contribution in [0.4, 0.5) is 0 Å². The molecule has 1 amide bonds. The highest BCUT2D eigenvalue weighted by atomic mass is 32.1. The molecule has 0 saturated heterocycles. The molecule has 1 aromatic carbocycles. The maximum absolute atomic E-state index is 12.4. The van der Waals surface area contributed by atoms with Crippen LogP contribution < -0.4 is 0 Å². The summed E-state index contributed by atoms with van der Waals surface area (Å²) in [6.07, 6.45) is 3.35. The Kier molecular flexibility index (Phi) is 4.48. The van der Waals surface area contributed by atoms with Crippen LogP contribution in [-0.2, 0) is 18.4 Å². The fourth-order valence-electron chi connectivity index (χ4n) is 3.93. The number of hydrogen-bond acceptors (Lipinski definition) is 3. The average Bonchev–Trinajstić information content (AvgIpc) is 3.21. The lowest BCUT2D eigenvalue weighted by Gasteiger charge is -2.33. The molecule has 2 aromatic heterocycles. The molecule has 0 bridgehead atoms. The minimum Gasteiger partial charge on any atom is -0.333 e. The number of aromatic nitrogens is 2. The quantitative estimate of drug-likeness (QED) is 0.634. The number of benzene rings is 1.